The van der Waals surface area contributed by atoms with Crippen LogP contribution in [0.2, 0.25) is 0 Å². The van der Waals surface area contributed by atoms with Crippen LogP contribution in [0.15, 0.2) is 48.5 Å². The SMILES string of the molecule is OC1CCN(C2c3ccccc3-c3ccccc32)C1. The number of likely N-dealkylation sites (tertiary alicyclic amines) is 1. The van der Waals surface area contributed by atoms with E-state index in [-0.39, 0.29) is 6.10 Å². The Morgan fingerprint density at radius 1 is 0.895 bits per heavy atom. The van der Waals surface area contributed by atoms with E-state index in [0.717, 1.165) is 19.5 Å². The topological polar surface area (TPSA) is 23.5 Å². The molecular formula is C17H17NO. The molecule has 1 aliphatic carbocycles. The number of rotatable bonds is 1. The monoisotopic (exact) mass is 251 g/mol. The van der Waals surface area contributed by atoms with Crippen LogP contribution >= 0.6 is 0 Å². The lowest BCUT2D eigenvalue weighted by molar-refractivity contribution is 0.168. The van der Waals surface area contributed by atoms with E-state index >= 15 is 0 Å². The van der Waals surface area contributed by atoms with E-state index < -0.39 is 0 Å². The van der Waals surface area contributed by atoms with E-state index in [4.69, 9.17) is 0 Å². The summed E-state index contributed by atoms with van der Waals surface area (Å²) in [5, 5.41) is 9.81. The van der Waals surface area contributed by atoms with E-state index in [1.165, 1.54) is 22.3 Å². The smallest absolute Gasteiger partial charge is 0.0679 e. The van der Waals surface area contributed by atoms with Gasteiger partial charge in [0, 0.05) is 13.1 Å². The second kappa shape index (κ2) is 4.19. The number of aliphatic hydroxyl groups is 1. The number of hydrogen-bond donors (Lipinski definition) is 1. The van der Waals surface area contributed by atoms with Crippen molar-refractivity contribution in [3.63, 3.8) is 0 Å². The Labute approximate surface area is 113 Å². The molecule has 19 heavy (non-hydrogen) atoms. The number of fused-ring (bicyclic) bond motifs is 3. The minimum Gasteiger partial charge on any atom is -0.392 e. The molecule has 0 amide bonds. The summed E-state index contributed by atoms with van der Waals surface area (Å²) in [7, 11) is 0. The van der Waals surface area contributed by atoms with Gasteiger partial charge in [0.25, 0.3) is 0 Å². The standard InChI is InChI=1S/C17H17NO/c19-12-9-10-18(11-12)17-15-7-3-1-5-13(15)14-6-2-4-8-16(14)17/h1-8,12,17,19H,9-11H2. The maximum atomic E-state index is 9.81. The Bertz CT molecular complexity index is 577. The predicted molar refractivity (Wildman–Crippen MR) is 75.9 cm³/mol. The highest BCUT2D eigenvalue weighted by Crippen LogP contribution is 2.46. The Morgan fingerprint density at radius 3 is 2.00 bits per heavy atom. The zero-order valence-electron chi connectivity index (χ0n) is 10.8. The molecule has 0 radical (unpaired) electrons. The Kier molecular flexibility index (Phi) is 2.47. The third-order valence-electron chi connectivity index (χ3n) is 4.36. The molecular weight excluding hydrogens is 234 g/mol. The number of β-amino-alcohol motifs (C(OH)–C–C–N with tert-alkyl or cyclic N) is 1. The molecule has 1 fully saturated rings. The molecule has 1 saturated heterocycles. The van der Waals surface area contributed by atoms with Gasteiger partial charge in [-0.3, -0.25) is 4.90 Å². The summed E-state index contributed by atoms with van der Waals surface area (Å²) in [6.07, 6.45) is 0.723. The predicted octanol–water partition coefficient (Wildman–Crippen LogP) is 2.82. The molecule has 2 heteroatoms. The Morgan fingerprint density at radius 2 is 1.47 bits per heavy atom. The van der Waals surface area contributed by atoms with E-state index in [0.29, 0.717) is 6.04 Å². The van der Waals surface area contributed by atoms with Crippen LogP contribution in [0.4, 0.5) is 0 Å². The molecule has 2 aromatic carbocycles. The third-order valence-corrected chi connectivity index (χ3v) is 4.36. The fraction of sp³-hybridized carbons (Fsp3) is 0.294. The lowest BCUT2D eigenvalue weighted by Crippen LogP contribution is -2.27. The Hall–Kier alpha value is -1.64. The summed E-state index contributed by atoms with van der Waals surface area (Å²) in [5.41, 5.74) is 5.48. The van der Waals surface area contributed by atoms with Crippen molar-refractivity contribution < 1.29 is 5.11 Å². The molecule has 2 aliphatic rings. The van der Waals surface area contributed by atoms with Crippen molar-refractivity contribution in [2.75, 3.05) is 13.1 Å². The van der Waals surface area contributed by atoms with Crippen LogP contribution in [0.5, 0.6) is 0 Å². The van der Waals surface area contributed by atoms with Gasteiger partial charge in [-0.1, -0.05) is 48.5 Å². The normalized spacial score (nSPS) is 22.5. The molecule has 0 aromatic heterocycles. The van der Waals surface area contributed by atoms with E-state index in [2.05, 4.69) is 53.4 Å². The minimum absolute atomic E-state index is 0.167. The van der Waals surface area contributed by atoms with Crippen molar-refractivity contribution in [3.8, 4) is 11.1 Å². The summed E-state index contributed by atoms with van der Waals surface area (Å²) < 4.78 is 0. The van der Waals surface area contributed by atoms with Crippen molar-refractivity contribution >= 4 is 0 Å². The van der Waals surface area contributed by atoms with Crippen molar-refractivity contribution in [2.24, 2.45) is 0 Å². The van der Waals surface area contributed by atoms with Crippen molar-refractivity contribution in [2.45, 2.75) is 18.6 Å². The van der Waals surface area contributed by atoms with Crippen molar-refractivity contribution in [1.82, 2.24) is 4.90 Å². The molecule has 96 valence electrons. The maximum Gasteiger partial charge on any atom is 0.0679 e. The highest BCUT2D eigenvalue weighted by atomic mass is 16.3. The van der Waals surface area contributed by atoms with E-state index in [9.17, 15) is 5.11 Å². The number of benzene rings is 2. The van der Waals surface area contributed by atoms with Gasteiger partial charge in [-0.15, -0.1) is 0 Å². The van der Waals surface area contributed by atoms with Gasteiger partial charge in [0.15, 0.2) is 0 Å². The van der Waals surface area contributed by atoms with Gasteiger partial charge in [0.1, 0.15) is 0 Å². The van der Waals surface area contributed by atoms with Crippen molar-refractivity contribution in [3.05, 3.63) is 59.7 Å². The summed E-state index contributed by atoms with van der Waals surface area (Å²) in [5.74, 6) is 0. The third kappa shape index (κ3) is 1.64. The molecule has 0 spiro atoms. The largest absolute Gasteiger partial charge is 0.392 e. The van der Waals surface area contributed by atoms with Gasteiger partial charge in [-0.05, 0) is 28.7 Å². The first kappa shape index (κ1) is 11.2. The number of hydrogen-bond acceptors (Lipinski definition) is 2. The van der Waals surface area contributed by atoms with Crippen LogP contribution in [0.3, 0.4) is 0 Å². The molecule has 0 bridgehead atoms. The highest BCUT2D eigenvalue weighted by molar-refractivity contribution is 5.78. The Balaban J connectivity index is 1.87. The van der Waals surface area contributed by atoms with Crippen LogP contribution in [0.25, 0.3) is 11.1 Å². The van der Waals surface area contributed by atoms with E-state index in [1.807, 2.05) is 0 Å². The van der Waals surface area contributed by atoms with E-state index in [1.54, 1.807) is 0 Å². The second-order valence-corrected chi connectivity index (χ2v) is 5.51. The number of nitrogens with zero attached hydrogens (tertiary/aromatic N) is 1. The van der Waals surface area contributed by atoms with Crippen molar-refractivity contribution in [1.29, 1.82) is 0 Å². The fourth-order valence-corrected chi connectivity index (χ4v) is 3.53. The minimum atomic E-state index is -0.167. The highest BCUT2D eigenvalue weighted by Gasteiger charge is 2.35. The molecule has 1 aliphatic heterocycles. The van der Waals surface area contributed by atoms with Crippen LogP contribution in [-0.2, 0) is 0 Å². The van der Waals surface area contributed by atoms with Gasteiger partial charge in [0.2, 0.25) is 0 Å². The van der Waals surface area contributed by atoms with Crippen LogP contribution < -0.4 is 0 Å². The van der Waals surface area contributed by atoms with Gasteiger partial charge < -0.3 is 5.11 Å². The molecule has 2 nitrogen and oxygen atoms in total. The first-order valence-corrected chi connectivity index (χ1v) is 6.95. The number of aliphatic hydroxyl groups excluding tert-OH is 1. The molecule has 1 atom stereocenters. The van der Waals surface area contributed by atoms with Gasteiger partial charge >= 0.3 is 0 Å². The summed E-state index contributed by atoms with van der Waals surface area (Å²) in [6.45, 7) is 1.77. The molecule has 1 heterocycles. The van der Waals surface area contributed by atoms with Gasteiger partial charge in [-0.2, -0.15) is 0 Å². The molecule has 2 aromatic rings. The first-order valence-electron chi connectivity index (χ1n) is 6.95. The molecule has 1 N–H and O–H groups in total. The van der Waals surface area contributed by atoms with Gasteiger partial charge in [-0.25, -0.2) is 0 Å². The fourth-order valence-electron chi connectivity index (χ4n) is 3.53. The molecule has 0 saturated carbocycles. The van der Waals surface area contributed by atoms with Crippen LogP contribution in [0.1, 0.15) is 23.6 Å². The van der Waals surface area contributed by atoms with Crippen LogP contribution in [0, 0.1) is 0 Å². The van der Waals surface area contributed by atoms with Crippen LogP contribution in [-0.4, -0.2) is 29.2 Å². The summed E-state index contributed by atoms with van der Waals surface area (Å²) in [6, 6.07) is 17.6. The second-order valence-electron chi connectivity index (χ2n) is 5.51. The molecule has 1 unspecified atom stereocenters. The quantitative estimate of drug-likeness (QED) is 0.842. The summed E-state index contributed by atoms with van der Waals surface area (Å²) in [4.78, 5) is 2.41. The zero-order valence-corrected chi connectivity index (χ0v) is 10.8. The average Bonchev–Trinajstić information content (AvgIpc) is 3.00. The van der Waals surface area contributed by atoms with Gasteiger partial charge in [0.05, 0.1) is 12.1 Å². The molecule has 4 rings (SSSR count). The summed E-state index contributed by atoms with van der Waals surface area (Å²) >= 11 is 0. The lowest BCUT2D eigenvalue weighted by atomic mass is 10.0. The average molecular weight is 251 g/mol. The maximum absolute atomic E-state index is 9.81. The first-order chi connectivity index (χ1) is 9.34. The lowest BCUT2D eigenvalue weighted by Gasteiger charge is -2.25. The zero-order chi connectivity index (χ0) is 12.8.